The van der Waals surface area contributed by atoms with Crippen molar-refractivity contribution in [3.8, 4) is 0 Å². The van der Waals surface area contributed by atoms with Gasteiger partial charge in [0.05, 0.1) is 6.10 Å². The molecule has 3 aliphatic rings. The summed E-state index contributed by atoms with van der Waals surface area (Å²) in [6.45, 7) is 7.35. The number of nitrogens with zero attached hydrogens (tertiary/aromatic N) is 3. The van der Waals surface area contributed by atoms with Crippen LogP contribution in [0.3, 0.4) is 0 Å². The predicted molar refractivity (Wildman–Crippen MR) is 130 cm³/mol. The Labute approximate surface area is 198 Å². The van der Waals surface area contributed by atoms with Crippen LogP contribution in [0.2, 0.25) is 0 Å². The van der Waals surface area contributed by atoms with Gasteiger partial charge in [-0.2, -0.15) is 0 Å². The molecule has 1 atom stereocenters. The summed E-state index contributed by atoms with van der Waals surface area (Å²) in [6, 6.07) is 11.1. The van der Waals surface area contributed by atoms with E-state index in [9.17, 15) is 14.7 Å². The number of amides is 2. The molecule has 4 rings (SSSR count). The van der Waals surface area contributed by atoms with Gasteiger partial charge in [0.2, 0.25) is 11.8 Å². The molecule has 0 bridgehead atoms. The van der Waals surface area contributed by atoms with Crippen LogP contribution in [-0.2, 0) is 9.59 Å². The molecule has 1 aromatic carbocycles. The number of likely N-dealkylation sites (tertiary alicyclic amines) is 3. The zero-order chi connectivity index (χ0) is 23.2. The highest BCUT2D eigenvalue weighted by Gasteiger charge is 2.30. The lowest BCUT2D eigenvalue weighted by molar-refractivity contribution is -0.135. The van der Waals surface area contributed by atoms with Gasteiger partial charge in [-0.05, 0) is 75.9 Å². The molecule has 0 radical (unpaired) electrons. The number of hydrogen-bond donors (Lipinski definition) is 1. The second-order valence-corrected chi connectivity index (χ2v) is 10.4. The molecule has 0 aliphatic carbocycles. The first-order valence-electron chi connectivity index (χ1n) is 13.0. The minimum absolute atomic E-state index is 0.225. The third kappa shape index (κ3) is 6.57. The molecule has 3 fully saturated rings. The van der Waals surface area contributed by atoms with E-state index in [0.717, 1.165) is 51.9 Å². The molecule has 0 aromatic heterocycles. The van der Waals surface area contributed by atoms with E-state index in [2.05, 4.69) is 42.2 Å². The van der Waals surface area contributed by atoms with Crippen molar-refractivity contribution in [1.29, 1.82) is 0 Å². The minimum Gasteiger partial charge on any atom is -0.393 e. The maximum Gasteiger partial charge on any atom is 0.222 e. The summed E-state index contributed by atoms with van der Waals surface area (Å²) in [5, 5.41) is 9.64. The highest BCUT2D eigenvalue weighted by molar-refractivity contribution is 5.77. The lowest BCUT2D eigenvalue weighted by Crippen LogP contribution is -2.43. The molecule has 3 heterocycles. The summed E-state index contributed by atoms with van der Waals surface area (Å²) >= 11 is 0. The molecule has 6 heteroatoms. The van der Waals surface area contributed by atoms with Crippen LogP contribution in [0.25, 0.3) is 0 Å². The van der Waals surface area contributed by atoms with E-state index >= 15 is 0 Å². The number of carbonyl (C=O) groups excluding carboxylic acids is 2. The molecule has 3 saturated heterocycles. The van der Waals surface area contributed by atoms with Crippen molar-refractivity contribution in [2.75, 3.05) is 39.3 Å². The van der Waals surface area contributed by atoms with Crippen molar-refractivity contribution in [3.05, 3.63) is 35.9 Å². The number of aliphatic hydroxyl groups is 1. The van der Waals surface area contributed by atoms with E-state index in [-0.39, 0.29) is 12.0 Å². The molecular weight excluding hydrogens is 414 g/mol. The van der Waals surface area contributed by atoms with Crippen LogP contribution in [0.1, 0.15) is 69.9 Å². The van der Waals surface area contributed by atoms with Crippen LogP contribution >= 0.6 is 0 Å². The Hall–Kier alpha value is -1.92. The van der Waals surface area contributed by atoms with E-state index in [0.29, 0.717) is 62.6 Å². The molecule has 1 aromatic rings. The van der Waals surface area contributed by atoms with Gasteiger partial charge in [-0.3, -0.25) is 14.5 Å². The van der Waals surface area contributed by atoms with Gasteiger partial charge in [-0.25, -0.2) is 0 Å². The predicted octanol–water partition coefficient (Wildman–Crippen LogP) is 3.46. The highest BCUT2D eigenvalue weighted by atomic mass is 16.3. The van der Waals surface area contributed by atoms with E-state index in [1.54, 1.807) is 0 Å². The molecule has 182 valence electrons. The van der Waals surface area contributed by atoms with Gasteiger partial charge in [0, 0.05) is 45.1 Å². The molecule has 3 aliphatic heterocycles. The molecule has 0 saturated carbocycles. The first-order chi connectivity index (χ1) is 16.0. The van der Waals surface area contributed by atoms with Crippen molar-refractivity contribution >= 4 is 11.8 Å². The summed E-state index contributed by atoms with van der Waals surface area (Å²) in [6.07, 6.45) is 6.47. The lowest BCUT2D eigenvalue weighted by atomic mass is 9.89. The average molecular weight is 456 g/mol. The number of rotatable bonds is 6. The number of carbonyl (C=O) groups is 2. The monoisotopic (exact) mass is 455 g/mol. The van der Waals surface area contributed by atoms with Gasteiger partial charge >= 0.3 is 0 Å². The average Bonchev–Trinajstić information content (AvgIpc) is 2.85. The summed E-state index contributed by atoms with van der Waals surface area (Å²) in [4.78, 5) is 32.0. The Morgan fingerprint density at radius 3 is 1.76 bits per heavy atom. The van der Waals surface area contributed by atoms with E-state index in [1.807, 2.05) is 9.80 Å². The zero-order valence-corrected chi connectivity index (χ0v) is 20.2. The maximum absolute atomic E-state index is 12.9. The fourth-order valence-corrected chi connectivity index (χ4v) is 5.74. The van der Waals surface area contributed by atoms with Crippen LogP contribution in [0.4, 0.5) is 0 Å². The smallest absolute Gasteiger partial charge is 0.222 e. The number of piperidine rings is 3. The van der Waals surface area contributed by atoms with Crippen LogP contribution in [-0.4, -0.2) is 77.0 Å². The Kier molecular flexibility index (Phi) is 8.42. The lowest BCUT2D eigenvalue weighted by Gasteiger charge is -2.38. The van der Waals surface area contributed by atoms with Crippen LogP contribution in [0.5, 0.6) is 0 Å². The van der Waals surface area contributed by atoms with Gasteiger partial charge in [0.25, 0.3) is 0 Å². The SMILES string of the molecule is C[C@H](c1ccccc1)N1CCC(CC(=O)N2CCC(CC(=O)N3CCC(O)CC3)CC2)CC1. The Balaban J connectivity index is 1.15. The topological polar surface area (TPSA) is 64.1 Å². The fourth-order valence-electron chi connectivity index (χ4n) is 5.74. The van der Waals surface area contributed by atoms with Gasteiger partial charge in [-0.1, -0.05) is 30.3 Å². The number of aliphatic hydroxyl groups excluding tert-OH is 1. The first-order valence-corrected chi connectivity index (χ1v) is 13.0. The Morgan fingerprint density at radius 2 is 1.24 bits per heavy atom. The van der Waals surface area contributed by atoms with Crippen molar-refractivity contribution < 1.29 is 14.7 Å². The summed E-state index contributed by atoms with van der Waals surface area (Å²) in [7, 11) is 0. The van der Waals surface area contributed by atoms with Crippen molar-refractivity contribution in [2.45, 2.75) is 70.4 Å². The Morgan fingerprint density at radius 1 is 0.788 bits per heavy atom. The van der Waals surface area contributed by atoms with Gasteiger partial charge in [0.1, 0.15) is 0 Å². The molecular formula is C27H41N3O3. The number of hydrogen-bond acceptors (Lipinski definition) is 4. The molecule has 0 unspecified atom stereocenters. The fraction of sp³-hybridized carbons (Fsp3) is 0.704. The van der Waals surface area contributed by atoms with E-state index in [4.69, 9.17) is 0 Å². The van der Waals surface area contributed by atoms with E-state index in [1.165, 1.54) is 5.56 Å². The van der Waals surface area contributed by atoms with Gasteiger partial charge in [-0.15, -0.1) is 0 Å². The summed E-state index contributed by atoms with van der Waals surface area (Å²) in [5.41, 5.74) is 1.37. The third-order valence-corrected chi connectivity index (χ3v) is 8.19. The molecule has 33 heavy (non-hydrogen) atoms. The van der Waals surface area contributed by atoms with Crippen LogP contribution < -0.4 is 0 Å². The summed E-state index contributed by atoms with van der Waals surface area (Å²) < 4.78 is 0. The standard InChI is InChI=1S/C27H41N3O3/c1-21(24-5-3-2-4-6-24)28-13-7-22(8-14-28)19-26(32)29-15-9-23(10-16-29)20-27(33)30-17-11-25(31)12-18-30/h2-6,21-23,25,31H,7-20H2,1H3/t21-/m1/s1. The van der Waals surface area contributed by atoms with Crippen LogP contribution in [0, 0.1) is 11.8 Å². The normalized spacial score (nSPS) is 23.0. The van der Waals surface area contributed by atoms with Crippen LogP contribution in [0.15, 0.2) is 30.3 Å². The minimum atomic E-state index is -0.247. The van der Waals surface area contributed by atoms with Gasteiger partial charge < -0.3 is 14.9 Å². The quantitative estimate of drug-likeness (QED) is 0.714. The van der Waals surface area contributed by atoms with Crippen molar-refractivity contribution in [1.82, 2.24) is 14.7 Å². The number of benzene rings is 1. The van der Waals surface area contributed by atoms with Gasteiger partial charge in [0.15, 0.2) is 0 Å². The molecule has 6 nitrogen and oxygen atoms in total. The third-order valence-electron chi connectivity index (χ3n) is 8.19. The summed E-state index contributed by atoms with van der Waals surface area (Å²) in [5.74, 6) is 1.41. The molecule has 1 N–H and O–H groups in total. The highest BCUT2D eigenvalue weighted by Crippen LogP contribution is 2.29. The molecule has 2 amide bonds. The van der Waals surface area contributed by atoms with Crippen molar-refractivity contribution in [2.24, 2.45) is 11.8 Å². The maximum atomic E-state index is 12.9. The zero-order valence-electron chi connectivity index (χ0n) is 20.2. The second kappa shape index (κ2) is 11.5. The van der Waals surface area contributed by atoms with Crippen molar-refractivity contribution in [3.63, 3.8) is 0 Å². The largest absolute Gasteiger partial charge is 0.393 e. The first kappa shape index (κ1) is 24.2. The molecule has 0 spiro atoms. The second-order valence-electron chi connectivity index (χ2n) is 10.4. The Bertz CT molecular complexity index is 762. The van der Waals surface area contributed by atoms with E-state index < -0.39 is 0 Å².